The molecule has 1 heterocycles. The van der Waals surface area contributed by atoms with Crippen LogP contribution in [0.5, 0.6) is 17.2 Å². The number of methoxy groups -OCH3 is 1. The van der Waals surface area contributed by atoms with Crippen LogP contribution in [0, 0.1) is 0 Å². The van der Waals surface area contributed by atoms with E-state index in [4.69, 9.17) is 25.6 Å². The molecule has 0 amide bonds. The van der Waals surface area contributed by atoms with Crippen molar-refractivity contribution in [1.82, 2.24) is 0 Å². The molecule has 35 heavy (non-hydrogen) atoms. The molecule has 1 aliphatic carbocycles. The van der Waals surface area contributed by atoms with Crippen molar-refractivity contribution < 1.29 is 18.3 Å². The van der Waals surface area contributed by atoms with Gasteiger partial charge in [0.05, 0.1) is 17.6 Å². The fourth-order valence-corrected chi connectivity index (χ4v) is 10.1. The largest absolute Gasteiger partial charge is 0.496 e. The highest BCUT2D eigenvalue weighted by Crippen LogP contribution is 2.69. The third kappa shape index (κ3) is 3.91. The third-order valence-electron chi connectivity index (χ3n) is 6.88. The van der Waals surface area contributed by atoms with Crippen molar-refractivity contribution in [2.45, 2.75) is 24.9 Å². The summed E-state index contributed by atoms with van der Waals surface area (Å²) in [6, 6.07) is 23.2. The molecule has 5 rings (SSSR count). The molecule has 0 aromatic heterocycles. The van der Waals surface area contributed by atoms with Crippen molar-refractivity contribution in [2.75, 3.05) is 13.3 Å². The van der Waals surface area contributed by atoms with E-state index in [1.165, 1.54) is 0 Å². The molecule has 2 aliphatic rings. The maximum Gasteiger partial charge on any atom is 0.291 e. The predicted molar refractivity (Wildman–Crippen MR) is 148 cm³/mol. The van der Waals surface area contributed by atoms with Gasteiger partial charge in [0, 0.05) is 22.9 Å². The second-order valence-corrected chi connectivity index (χ2v) is 16.1. The molecule has 3 aromatic rings. The topological polar surface area (TPSA) is 44.8 Å². The lowest BCUT2D eigenvalue weighted by atomic mass is 9.83. The maximum atomic E-state index is 15.1. The summed E-state index contributed by atoms with van der Waals surface area (Å²) in [5.74, 6) is 1.62. The predicted octanol–water partition coefficient (Wildman–Crippen LogP) is 6.78. The number of fused-ring (bicyclic) bond motifs is 3. The Kier molecular flexibility index (Phi) is 6.30. The molecule has 0 spiro atoms. The van der Waals surface area contributed by atoms with Gasteiger partial charge >= 0.3 is 0 Å². The first-order chi connectivity index (χ1) is 16.8. The van der Waals surface area contributed by atoms with Crippen molar-refractivity contribution in [2.24, 2.45) is 0 Å². The van der Waals surface area contributed by atoms with Crippen LogP contribution in [-0.2, 0) is 16.4 Å². The van der Waals surface area contributed by atoms with Crippen LogP contribution in [-0.4, -0.2) is 18.4 Å². The minimum Gasteiger partial charge on any atom is -0.496 e. The number of para-hydroxylation sites is 1. The Balaban J connectivity index is 1.65. The average molecular weight is 523 g/mol. The highest BCUT2D eigenvalue weighted by molar-refractivity contribution is 8.16. The van der Waals surface area contributed by atoms with Crippen LogP contribution in [0.2, 0.25) is 0 Å². The molecule has 0 saturated heterocycles. The van der Waals surface area contributed by atoms with Crippen molar-refractivity contribution in [3.8, 4) is 17.2 Å². The molecule has 7 heteroatoms. The van der Waals surface area contributed by atoms with Crippen molar-refractivity contribution in [3.05, 3.63) is 103 Å². The van der Waals surface area contributed by atoms with Crippen LogP contribution in [0.3, 0.4) is 0 Å². The molecular weight excluding hydrogens is 494 g/mol. The van der Waals surface area contributed by atoms with E-state index in [-0.39, 0.29) is 5.92 Å². The molecule has 0 bridgehead atoms. The van der Waals surface area contributed by atoms with Gasteiger partial charge in [-0.15, -0.1) is 0 Å². The first kappa shape index (κ1) is 24.1. The monoisotopic (exact) mass is 522 g/mol. The van der Waals surface area contributed by atoms with Gasteiger partial charge in [0.1, 0.15) is 23.5 Å². The summed E-state index contributed by atoms with van der Waals surface area (Å²) in [6.07, 6.45) is 6.41. The highest BCUT2D eigenvalue weighted by atomic mass is 32.4. The number of ether oxygens (including phenoxy) is 1. The summed E-state index contributed by atoms with van der Waals surface area (Å²) in [5.41, 5.74) is 1.03. The molecule has 0 saturated carbocycles. The van der Waals surface area contributed by atoms with E-state index in [1.807, 2.05) is 98.8 Å². The van der Waals surface area contributed by atoms with Crippen LogP contribution < -0.4 is 24.4 Å². The zero-order valence-corrected chi connectivity index (χ0v) is 22.6. The van der Waals surface area contributed by atoms with Gasteiger partial charge in [-0.25, -0.2) is 0 Å². The second kappa shape index (κ2) is 9.13. The van der Waals surface area contributed by atoms with Gasteiger partial charge in [-0.3, -0.25) is 4.57 Å². The fourth-order valence-electron chi connectivity index (χ4n) is 4.87. The molecule has 0 fully saturated rings. The van der Waals surface area contributed by atoms with E-state index in [1.54, 1.807) is 13.2 Å². The molecular formula is C28H28O4P2S. The SMILES string of the molecule is CCP(=S)(Oc1ccc(OC)c(P2(=O)Oc3ccccc3C3C=CC=CC32C)c1)c1ccccc1. The van der Waals surface area contributed by atoms with Crippen molar-refractivity contribution in [3.63, 3.8) is 0 Å². The quantitative estimate of drug-likeness (QED) is 0.334. The zero-order valence-electron chi connectivity index (χ0n) is 20.0. The van der Waals surface area contributed by atoms with Gasteiger partial charge in [0.25, 0.3) is 7.37 Å². The molecule has 0 radical (unpaired) electrons. The van der Waals surface area contributed by atoms with Crippen molar-refractivity contribution >= 4 is 36.0 Å². The summed E-state index contributed by atoms with van der Waals surface area (Å²) in [6.45, 7) is 4.05. The van der Waals surface area contributed by atoms with Crippen molar-refractivity contribution in [1.29, 1.82) is 0 Å². The van der Waals surface area contributed by atoms with E-state index in [2.05, 4.69) is 6.08 Å². The Morgan fingerprint density at radius 3 is 2.54 bits per heavy atom. The van der Waals surface area contributed by atoms with Crippen LogP contribution in [0.4, 0.5) is 0 Å². The Hall–Kier alpha value is -2.58. The van der Waals surface area contributed by atoms with E-state index < -0.39 is 18.8 Å². The lowest BCUT2D eigenvalue weighted by Gasteiger charge is -2.46. The van der Waals surface area contributed by atoms with Gasteiger partial charge < -0.3 is 13.8 Å². The van der Waals surface area contributed by atoms with Gasteiger partial charge in [-0.2, -0.15) is 0 Å². The summed E-state index contributed by atoms with van der Waals surface area (Å²) < 4.78 is 33.7. The Labute approximate surface area is 212 Å². The van der Waals surface area contributed by atoms with Crippen LogP contribution in [0.25, 0.3) is 0 Å². The smallest absolute Gasteiger partial charge is 0.291 e. The Morgan fingerprint density at radius 2 is 1.80 bits per heavy atom. The van der Waals surface area contributed by atoms with E-state index in [9.17, 15) is 0 Å². The van der Waals surface area contributed by atoms with E-state index in [0.717, 1.165) is 10.9 Å². The third-order valence-corrected chi connectivity index (χ3v) is 14.1. The molecule has 4 unspecified atom stereocenters. The molecule has 3 aromatic carbocycles. The molecule has 4 nitrogen and oxygen atoms in total. The number of benzene rings is 3. The summed E-state index contributed by atoms with van der Waals surface area (Å²) in [4.78, 5) is 0. The minimum atomic E-state index is -3.53. The summed E-state index contributed by atoms with van der Waals surface area (Å²) in [5, 5.41) is 0.730. The number of rotatable bonds is 6. The maximum absolute atomic E-state index is 15.1. The van der Waals surface area contributed by atoms with Crippen LogP contribution >= 0.6 is 13.6 Å². The Bertz CT molecular complexity index is 1420. The average Bonchev–Trinajstić information content (AvgIpc) is 2.89. The van der Waals surface area contributed by atoms with Gasteiger partial charge in [-0.1, -0.05) is 79.8 Å². The number of allylic oxidation sites excluding steroid dienone is 4. The first-order valence-corrected chi connectivity index (χ1v) is 16.2. The van der Waals surface area contributed by atoms with E-state index >= 15 is 4.57 Å². The standard InChI is InChI=1S/C28H28O4P2S/c1-4-33(35,22-12-6-5-7-13-22)31-21-17-18-26(30-3)27(20-21)34(29)28(2)19-11-10-15-24(28)23-14-8-9-16-25(23)32-34/h5-20,24H,4H2,1-3H3. The molecule has 180 valence electrons. The van der Waals surface area contributed by atoms with E-state index in [0.29, 0.717) is 28.7 Å². The Morgan fingerprint density at radius 1 is 1.06 bits per heavy atom. The number of hydrogen-bond acceptors (Lipinski definition) is 5. The normalized spacial score (nSPS) is 26.1. The fraction of sp³-hybridized carbons (Fsp3) is 0.214. The van der Waals surface area contributed by atoms with Gasteiger partial charge in [-0.05, 0) is 43.0 Å². The van der Waals surface area contributed by atoms with Crippen LogP contribution in [0.15, 0.2) is 97.1 Å². The lowest BCUT2D eigenvalue weighted by Crippen LogP contribution is -2.40. The zero-order chi connectivity index (χ0) is 24.7. The molecule has 0 N–H and O–H groups in total. The summed E-state index contributed by atoms with van der Waals surface area (Å²) >= 11 is 6.04. The van der Waals surface area contributed by atoms with Crippen LogP contribution in [0.1, 0.15) is 25.3 Å². The number of hydrogen-bond donors (Lipinski definition) is 0. The lowest BCUT2D eigenvalue weighted by molar-refractivity contribution is 0.407. The molecule has 4 atom stereocenters. The van der Waals surface area contributed by atoms with Gasteiger partial charge in [0.15, 0.2) is 0 Å². The second-order valence-electron chi connectivity index (χ2n) is 8.88. The first-order valence-electron chi connectivity index (χ1n) is 11.6. The minimum absolute atomic E-state index is 0.0944. The summed E-state index contributed by atoms with van der Waals surface area (Å²) in [7, 11) is -1.95. The molecule has 1 aliphatic heterocycles. The van der Waals surface area contributed by atoms with Gasteiger partial charge in [0.2, 0.25) is 0 Å². The highest BCUT2D eigenvalue weighted by Gasteiger charge is 2.56.